The van der Waals surface area contributed by atoms with Gasteiger partial charge in [0, 0.05) is 36.9 Å². The van der Waals surface area contributed by atoms with Crippen LogP contribution in [0.4, 0.5) is 5.82 Å². The lowest BCUT2D eigenvalue weighted by Crippen LogP contribution is -2.61. The van der Waals surface area contributed by atoms with Gasteiger partial charge in [0.2, 0.25) is 5.28 Å². The molecule has 2 aliphatic rings. The molecule has 2 aliphatic heterocycles. The van der Waals surface area contributed by atoms with E-state index in [1.54, 1.807) is 36.8 Å². The number of morpholine rings is 1. The number of halogens is 1. The minimum Gasteiger partial charge on any atom is -0.462 e. The molecule has 30 heavy (non-hydrogen) atoms. The van der Waals surface area contributed by atoms with Crippen molar-refractivity contribution >= 4 is 51.2 Å². The Kier molecular flexibility index (Phi) is 6.19. The summed E-state index contributed by atoms with van der Waals surface area (Å²) in [6, 6.07) is 1.98. The Labute approximate surface area is 183 Å². The molecule has 4 rings (SSSR count). The second-order valence-electron chi connectivity index (χ2n) is 6.87. The minimum atomic E-state index is -1.31. The summed E-state index contributed by atoms with van der Waals surface area (Å²) >= 11 is 7.78. The smallest absolute Gasteiger partial charge is 0.371 e. The van der Waals surface area contributed by atoms with Gasteiger partial charge in [-0.15, -0.1) is 11.3 Å². The normalized spacial score (nSPS) is 21.3. The number of aliphatic imine (C=N–C) groups is 1. The van der Waals surface area contributed by atoms with Gasteiger partial charge in [0.05, 0.1) is 30.0 Å². The highest BCUT2D eigenvalue weighted by Gasteiger charge is 2.44. The molecule has 4 heterocycles. The van der Waals surface area contributed by atoms with Crippen molar-refractivity contribution in [2.24, 2.45) is 4.99 Å². The highest BCUT2D eigenvalue weighted by atomic mass is 35.5. The van der Waals surface area contributed by atoms with Gasteiger partial charge in [-0.3, -0.25) is 4.90 Å². The van der Waals surface area contributed by atoms with Gasteiger partial charge >= 0.3 is 5.97 Å². The van der Waals surface area contributed by atoms with Gasteiger partial charge in [-0.1, -0.05) is 0 Å². The monoisotopic (exact) mass is 450 g/mol. The Hall–Kier alpha value is -2.27. The number of rotatable bonds is 6. The maximum Gasteiger partial charge on any atom is 0.371 e. The van der Waals surface area contributed by atoms with Crippen LogP contribution < -0.4 is 10.2 Å². The molecule has 0 amide bonds. The summed E-state index contributed by atoms with van der Waals surface area (Å²) in [6.07, 6.45) is 5.01. The molecule has 0 spiro atoms. The summed E-state index contributed by atoms with van der Waals surface area (Å²) in [7, 11) is 1.83. The highest BCUT2D eigenvalue weighted by molar-refractivity contribution is 7.19. The van der Waals surface area contributed by atoms with Crippen molar-refractivity contribution in [1.82, 2.24) is 20.2 Å². The van der Waals surface area contributed by atoms with Crippen LogP contribution in [0, 0.1) is 0 Å². The number of carbonyl (C=O) groups excluding carboxylic acids is 1. The Morgan fingerprint density at radius 2 is 2.23 bits per heavy atom. The number of thiophene rings is 1. The number of hydrogen-bond donors (Lipinski definition) is 1. The zero-order valence-corrected chi connectivity index (χ0v) is 18.4. The third kappa shape index (κ3) is 4.00. The van der Waals surface area contributed by atoms with Crippen LogP contribution in [0.25, 0.3) is 10.2 Å². The van der Waals surface area contributed by atoms with E-state index in [9.17, 15) is 4.79 Å². The van der Waals surface area contributed by atoms with E-state index >= 15 is 0 Å². The summed E-state index contributed by atoms with van der Waals surface area (Å²) in [4.78, 5) is 31.0. The largest absolute Gasteiger partial charge is 0.462 e. The molecule has 1 unspecified atom stereocenters. The lowest BCUT2D eigenvalue weighted by molar-refractivity contribution is -0.159. The highest BCUT2D eigenvalue weighted by Crippen LogP contribution is 2.34. The maximum atomic E-state index is 12.7. The zero-order chi connectivity index (χ0) is 21.1. The molecule has 0 bridgehead atoms. The molecule has 1 fully saturated rings. The molecular formula is C19H23ClN6O3S. The fraction of sp³-hybridized carbons (Fsp3) is 0.474. The molecular weight excluding hydrogens is 428 g/mol. The van der Waals surface area contributed by atoms with E-state index in [-0.39, 0.29) is 11.9 Å². The zero-order valence-electron chi connectivity index (χ0n) is 16.8. The Balaban J connectivity index is 1.64. The second kappa shape index (κ2) is 8.84. The number of carbonyl (C=O) groups is 1. The fourth-order valence-corrected chi connectivity index (χ4v) is 4.79. The number of hydrogen-bond acceptors (Lipinski definition) is 10. The summed E-state index contributed by atoms with van der Waals surface area (Å²) in [5.74, 6) is -0.938. The lowest BCUT2D eigenvalue weighted by Gasteiger charge is -2.36. The van der Waals surface area contributed by atoms with Crippen LogP contribution in [-0.2, 0) is 20.8 Å². The number of aromatic nitrogens is 2. The van der Waals surface area contributed by atoms with E-state index in [2.05, 4.69) is 25.2 Å². The van der Waals surface area contributed by atoms with Crippen LogP contribution in [0.3, 0.4) is 0 Å². The van der Waals surface area contributed by atoms with Gasteiger partial charge < -0.3 is 19.7 Å². The van der Waals surface area contributed by atoms with E-state index in [4.69, 9.17) is 21.1 Å². The molecule has 11 heteroatoms. The molecule has 2 aromatic heterocycles. The summed E-state index contributed by atoms with van der Waals surface area (Å²) in [5.41, 5.74) is 0.787. The van der Waals surface area contributed by atoms with Crippen molar-refractivity contribution in [2.75, 3.05) is 44.9 Å². The first-order valence-corrected chi connectivity index (χ1v) is 10.9. The van der Waals surface area contributed by atoms with Crippen LogP contribution >= 0.6 is 22.9 Å². The summed E-state index contributed by atoms with van der Waals surface area (Å²) < 4.78 is 11.7. The van der Waals surface area contributed by atoms with Gasteiger partial charge in [0.15, 0.2) is 5.82 Å². The first kappa shape index (κ1) is 21.0. The Morgan fingerprint density at radius 1 is 1.43 bits per heavy atom. The van der Waals surface area contributed by atoms with Gasteiger partial charge in [0.25, 0.3) is 5.79 Å². The third-order valence-corrected chi connectivity index (χ3v) is 6.20. The Morgan fingerprint density at radius 3 is 2.93 bits per heavy atom. The van der Waals surface area contributed by atoms with Gasteiger partial charge in [-0.25, -0.2) is 14.8 Å². The predicted octanol–water partition coefficient (Wildman–Crippen LogP) is 2.02. The molecule has 1 N–H and O–H groups in total. The van der Waals surface area contributed by atoms with Crippen molar-refractivity contribution in [2.45, 2.75) is 19.3 Å². The predicted molar refractivity (Wildman–Crippen MR) is 117 cm³/mol. The number of nitrogens with one attached hydrogen (secondary N) is 1. The number of allylic oxidation sites excluding steroid dienone is 1. The van der Waals surface area contributed by atoms with E-state index in [1.165, 1.54) is 0 Å². The van der Waals surface area contributed by atoms with E-state index in [1.807, 2.05) is 18.0 Å². The van der Waals surface area contributed by atoms with Crippen LogP contribution in [0.2, 0.25) is 5.28 Å². The van der Waals surface area contributed by atoms with Crippen molar-refractivity contribution in [3.63, 3.8) is 0 Å². The molecule has 160 valence electrons. The van der Waals surface area contributed by atoms with Gasteiger partial charge in [-0.05, 0) is 37.7 Å². The quantitative estimate of drug-likeness (QED) is 0.528. The lowest BCUT2D eigenvalue weighted by atomic mass is 10.2. The van der Waals surface area contributed by atoms with Crippen molar-refractivity contribution < 1.29 is 14.3 Å². The molecule has 0 aromatic carbocycles. The molecule has 9 nitrogen and oxygen atoms in total. The van der Waals surface area contributed by atoms with Crippen LogP contribution in [-0.4, -0.2) is 72.8 Å². The van der Waals surface area contributed by atoms with Gasteiger partial charge in [-0.2, -0.15) is 4.98 Å². The van der Waals surface area contributed by atoms with Crippen LogP contribution in [0.15, 0.2) is 23.3 Å². The molecule has 1 atom stereocenters. The van der Waals surface area contributed by atoms with E-state index < -0.39 is 11.8 Å². The topological polar surface area (TPSA) is 92.2 Å². The average Bonchev–Trinajstić information content (AvgIpc) is 3.16. The van der Waals surface area contributed by atoms with Crippen LogP contribution in [0.5, 0.6) is 0 Å². The number of esters is 1. The van der Waals surface area contributed by atoms with Crippen molar-refractivity contribution in [3.8, 4) is 0 Å². The van der Waals surface area contributed by atoms with Crippen molar-refractivity contribution in [3.05, 3.63) is 28.5 Å². The van der Waals surface area contributed by atoms with E-state index in [0.29, 0.717) is 19.8 Å². The van der Waals surface area contributed by atoms with E-state index in [0.717, 1.165) is 34.0 Å². The number of nitrogens with zero attached hydrogens (tertiary/aromatic N) is 5. The first-order chi connectivity index (χ1) is 14.5. The fourth-order valence-electron chi connectivity index (χ4n) is 3.46. The minimum absolute atomic E-state index is 0.216. The molecule has 1 saturated heterocycles. The SMILES string of the molecule is CCOC(=O)C1(N(C)Cc2cc3nc(Cl)nc(N4CCOCC4)c3s2)N=CC=CN1. The number of likely N-dealkylation sites (N-methyl/N-ethyl adjacent to an activating group) is 1. The van der Waals surface area contributed by atoms with Crippen LogP contribution in [0.1, 0.15) is 11.8 Å². The molecule has 2 aromatic rings. The molecule has 0 saturated carbocycles. The third-order valence-electron chi connectivity index (χ3n) is 4.92. The second-order valence-corrected chi connectivity index (χ2v) is 8.35. The molecule has 0 aliphatic carbocycles. The number of ether oxygens (including phenoxy) is 2. The number of anilines is 1. The average molecular weight is 451 g/mol. The maximum absolute atomic E-state index is 12.7. The summed E-state index contributed by atoms with van der Waals surface area (Å²) in [5, 5.41) is 3.27. The molecule has 0 radical (unpaired) electrons. The summed E-state index contributed by atoms with van der Waals surface area (Å²) in [6.45, 7) is 5.33. The first-order valence-electron chi connectivity index (χ1n) is 9.68. The van der Waals surface area contributed by atoms with Gasteiger partial charge in [0.1, 0.15) is 0 Å². The van der Waals surface area contributed by atoms with Crippen molar-refractivity contribution in [1.29, 1.82) is 0 Å². The Bertz CT molecular complexity index is 990. The standard InChI is InChI=1S/C19H23ClN6O3S/c1-3-29-17(27)19(21-5-4-6-22-19)25(2)12-13-11-14-15(30-13)16(24-18(20)23-14)26-7-9-28-10-8-26/h4-6,11,21H,3,7-10,12H2,1-2H3. The number of fused-ring (bicyclic) bond motifs is 1.